The number of nitrogens with one attached hydrogen (secondary N) is 1. The SMILES string of the molecule is COc1ccc(C2CC2C(=O)NCCO)cc1. The molecular weight excluding hydrogens is 218 g/mol. The van der Waals surface area contributed by atoms with E-state index in [2.05, 4.69) is 5.32 Å². The summed E-state index contributed by atoms with van der Waals surface area (Å²) in [5.41, 5.74) is 1.18. The van der Waals surface area contributed by atoms with Crippen molar-refractivity contribution in [3.8, 4) is 5.75 Å². The molecule has 0 bridgehead atoms. The summed E-state index contributed by atoms with van der Waals surface area (Å²) >= 11 is 0. The molecule has 1 saturated carbocycles. The van der Waals surface area contributed by atoms with Crippen LogP contribution in [-0.2, 0) is 4.79 Å². The normalized spacial score (nSPS) is 22.0. The van der Waals surface area contributed by atoms with Gasteiger partial charge in [-0.05, 0) is 30.0 Å². The van der Waals surface area contributed by atoms with Gasteiger partial charge in [0, 0.05) is 12.5 Å². The lowest BCUT2D eigenvalue weighted by molar-refractivity contribution is -0.122. The van der Waals surface area contributed by atoms with E-state index in [1.54, 1.807) is 7.11 Å². The van der Waals surface area contributed by atoms with Gasteiger partial charge in [0.15, 0.2) is 0 Å². The molecule has 2 rings (SSSR count). The van der Waals surface area contributed by atoms with Gasteiger partial charge < -0.3 is 15.2 Å². The molecule has 2 unspecified atom stereocenters. The molecule has 4 nitrogen and oxygen atoms in total. The molecule has 0 saturated heterocycles. The average Bonchev–Trinajstić information content (AvgIpc) is 3.16. The highest BCUT2D eigenvalue weighted by atomic mass is 16.5. The smallest absolute Gasteiger partial charge is 0.223 e. The van der Waals surface area contributed by atoms with Crippen molar-refractivity contribution in [1.29, 1.82) is 0 Å². The topological polar surface area (TPSA) is 58.6 Å². The maximum atomic E-state index is 11.6. The van der Waals surface area contributed by atoms with E-state index in [4.69, 9.17) is 9.84 Å². The number of benzene rings is 1. The number of aliphatic hydroxyl groups excluding tert-OH is 1. The largest absolute Gasteiger partial charge is 0.497 e. The summed E-state index contributed by atoms with van der Waals surface area (Å²) in [6.45, 7) is 0.330. The number of carbonyl (C=O) groups is 1. The van der Waals surface area contributed by atoms with Gasteiger partial charge in [-0.25, -0.2) is 0 Å². The Labute approximate surface area is 101 Å². The second-order valence-electron chi connectivity index (χ2n) is 4.24. The maximum Gasteiger partial charge on any atom is 0.223 e. The Morgan fingerprint density at radius 2 is 2.18 bits per heavy atom. The zero-order valence-corrected chi connectivity index (χ0v) is 9.85. The molecule has 1 aliphatic carbocycles. The van der Waals surface area contributed by atoms with Crippen molar-refractivity contribution in [3.05, 3.63) is 29.8 Å². The number of rotatable bonds is 5. The quantitative estimate of drug-likeness (QED) is 0.797. The molecule has 4 heteroatoms. The number of amides is 1. The van der Waals surface area contributed by atoms with Crippen molar-refractivity contribution in [2.45, 2.75) is 12.3 Å². The van der Waals surface area contributed by atoms with Crippen LogP contribution in [0.1, 0.15) is 17.9 Å². The number of hydrogen-bond donors (Lipinski definition) is 2. The second-order valence-corrected chi connectivity index (χ2v) is 4.24. The Balaban J connectivity index is 1.90. The highest BCUT2D eigenvalue weighted by molar-refractivity contribution is 5.82. The minimum absolute atomic E-state index is 0.00827. The number of hydrogen-bond acceptors (Lipinski definition) is 3. The molecule has 0 aromatic heterocycles. The van der Waals surface area contributed by atoms with Gasteiger partial charge in [-0.1, -0.05) is 12.1 Å². The van der Waals surface area contributed by atoms with Crippen LogP contribution in [0.3, 0.4) is 0 Å². The van der Waals surface area contributed by atoms with Crippen LogP contribution in [0.15, 0.2) is 24.3 Å². The molecule has 1 fully saturated rings. The summed E-state index contributed by atoms with van der Waals surface area (Å²) in [6, 6.07) is 7.83. The molecule has 2 N–H and O–H groups in total. The predicted octanol–water partition coefficient (Wildman–Crippen LogP) is 0.907. The average molecular weight is 235 g/mol. The lowest BCUT2D eigenvalue weighted by Gasteiger charge is -2.04. The van der Waals surface area contributed by atoms with Crippen LogP contribution in [0.4, 0.5) is 0 Å². The summed E-state index contributed by atoms with van der Waals surface area (Å²) < 4.78 is 5.09. The third-order valence-electron chi connectivity index (χ3n) is 3.08. The van der Waals surface area contributed by atoms with E-state index < -0.39 is 0 Å². The van der Waals surface area contributed by atoms with Crippen LogP contribution in [0.25, 0.3) is 0 Å². The van der Waals surface area contributed by atoms with Crippen molar-refractivity contribution < 1.29 is 14.6 Å². The Morgan fingerprint density at radius 1 is 1.47 bits per heavy atom. The van der Waals surface area contributed by atoms with Gasteiger partial charge >= 0.3 is 0 Å². The van der Waals surface area contributed by atoms with Gasteiger partial charge in [0.05, 0.1) is 13.7 Å². The molecule has 1 aromatic rings. The number of carbonyl (C=O) groups excluding carboxylic acids is 1. The van der Waals surface area contributed by atoms with Crippen LogP contribution in [0.5, 0.6) is 5.75 Å². The Hall–Kier alpha value is -1.55. The van der Waals surface area contributed by atoms with Gasteiger partial charge in [0.2, 0.25) is 5.91 Å². The highest BCUT2D eigenvalue weighted by Gasteiger charge is 2.43. The van der Waals surface area contributed by atoms with E-state index >= 15 is 0 Å². The molecule has 0 spiro atoms. The number of methoxy groups -OCH3 is 1. The molecule has 1 amide bonds. The van der Waals surface area contributed by atoms with Crippen molar-refractivity contribution in [3.63, 3.8) is 0 Å². The van der Waals surface area contributed by atoms with Crippen molar-refractivity contribution in [2.24, 2.45) is 5.92 Å². The Bertz CT molecular complexity index is 388. The van der Waals surface area contributed by atoms with E-state index in [1.807, 2.05) is 24.3 Å². The van der Waals surface area contributed by atoms with Crippen LogP contribution in [0.2, 0.25) is 0 Å². The molecule has 2 atom stereocenters. The van der Waals surface area contributed by atoms with E-state index in [9.17, 15) is 4.79 Å². The highest BCUT2D eigenvalue weighted by Crippen LogP contribution is 2.47. The van der Waals surface area contributed by atoms with E-state index in [1.165, 1.54) is 5.56 Å². The fourth-order valence-electron chi connectivity index (χ4n) is 2.01. The molecular formula is C13H17NO3. The maximum absolute atomic E-state index is 11.6. The minimum atomic E-state index is -0.00827. The summed E-state index contributed by atoms with van der Waals surface area (Å²) in [5.74, 6) is 1.25. The predicted molar refractivity (Wildman–Crippen MR) is 63.9 cm³/mol. The van der Waals surface area contributed by atoms with Gasteiger partial charge in [0.1, 0.15) is 5.75 Å². The monoisotopic (exact) mass is 235 g/mol. The van der Waals surface area contributed by atoms with E-state index in [0.29, 0.717) is 12.5 Å². The first-order valence-corrected chi connectivity index (χ1v) is 5.78. The summed E-state index contributed by atoms with van der Waals surface area (Å²) in [5, 5.41) is 11.3. The first-order valence-electron chi connectivity index (χ1n) is 5.78. The van der Waals surface area contributed by atoms with Gasteiger partial charge in [-0.3, -0.25) is 4.79 Å². The van der Waals surface area contributed by atoms with Gasteiger partial charge in [0.25, 0.3) is 0 Å². The van der Waals surface area contributed by atoms with E-state index in [-0.39, 0.29) is 18.4 Å². The first-order chi connectivity index (χ1) is 8.26. The molecule has 1 aliphatic rings. The lowest BCUT2D eigenvalue weighted by Crippen LogP contribution is -2.28. The Morgan fingerprint density at radius 3 is 2.76 bits per heavy atom. The van der Waals surface area contributed by atoms with E-state index in [0.717, 1.165) is 12.2 Å². The minimum Gasteiger partial charge on any atom is -0.497 e. The summed E-state index contributed by atoms with van der Waals surface area (Å²) in [7, 11) is 1.64. The van der Waals surface area contributed by atoms with Crippen LogP contribution >= 0.6 is 0 Å². The number of ether oxygens (including phenoxy) is 1. The first kappa shape index (κ1) is 11.9. The lowest BCUT2D eigenvalue weighted by atomic mass is 10.1. The van der Waals surface area contributed by atoms with Crippen LogP contribution < -0.4 is 10.1 Å². The van der Waals surface area contributed by atoms with Crippen LogP contribution in [-0.4, -0.2) is 31.3 Å². The number of aliphatic hydroxyl groups is 1. The molecule has 17 heavy (non-hydrogen) atoms. The molecule has 92 valence electrons. The van der Waals surface area contributed by atoms with Gasteiger partial charge in [-0.2, -0.15) is 0 Å². The molecule has 0 aliphatic heterocycles. The third kappa shape index (κ3) is 2.77. The molecule has 0 radical (unpaired) electrons. The summed E-state index contributed by atoms with van der Waals surface area (Å²) in [4.78, 5) is 11.6. The second kappa shape index (κ2) is 5.19. The fraction of sp³-hybridized carbons (Fsp3) is 0.462. The van der Waals surface area contributed by atoms with Crippen molar-refractivity contribution in [2.75, 3.05) is 20.3 Å². The van der Waals surface area contributed by atoms with Crippen molar-refractivity contribution in [1.82, 2.24) is 5.32 Å². The summed E-state index contributed by atoms with van der Waals surface area (Å²) in [6.07, 6.45) is 0.892. The third-order valence-corrected chi connectivity index (χ3v) is 3.08. The Kier molecular flexibility index (Phi) is 3.64. The van der Waals surface area contributed by atoms with Gasteiger partial charge in [-0.15, -0.1) is 0 Å². The standard InChI is InChI=1S/C13H17NO3/c1-17-10-4-2-9(3-5-10)11-8-12(11)13(16)14-6-7-15/h2-5,11-12,15H,6-8H2,1H3,(H,14,16). The zero-order valence-electron chi connectivity index (χ0n) is 9.85. The molecule has 1 aromatic carbocycles. The van der Waals surface area contributed by atoms with Crippen LogP contribution in [0, 0.1) is 5.92 Å². The fourth-order valence-corrected chi connectivity index (χ4v) is 2.01. The molecule has 0 heterocycles. The van der Waals surface area contributed by atoms with Crippen molar-refractivity contribution >= 4 is 5.91 Å². The zero-order chi connectivity index (χ0) is 12.3.